The third-order valence-corrected chi connectivity index (χ3v) is 16.5. The molecule has 488 valence electrons. The number of carbonyl (C=O) groups is 2. The molecule has 0 aromatic heterocycles. The minimum atomic E-state index is -4.71. The number of amides is 1. The van der Waals surface area contributed by atoms with Gasteiger partial charge in [0.25, 0.3) is 7.82 Å². The van der Waals surface area contributed by atoms with E-state index in [1.54, 1.807) is 0 Å². The van der Waals surface area contributed by atoms with Crippen LogP contribution in [0.5, 0.6) is 0 Å². The van der Waals surface area contributed by atoms with E-state index in [0.717, 1.165) is 103 Å². The van der Waals surface area contributed by atoms with Crippen LogP contribution in [0.3, 0.4) is 0 Å². The van der Waals surface area contributed by atoms with E-state index in [1.165, 1.54) is 186 Å². The van der Waals surface area contributed by atoms with Crippen molar-refractivity contribution in [1.29, 1.82) is 0 Å². The summed E-state index contributed by atoms with van der Waals surface area (Å²) in [5.41, 5.74) is 0. The SMILES string of the molecule is CCCCC/C=C\C/C=C\C/C=C\C/C=C\CCCCCCCCCCCCCC(=O)NC(COP(=O)([O-])OCC[N+](C)(C)C)C(/C=C\CCCCCCCCCCCC)OC(=O)CCCCCCCCCCC/C=C\C/C=C\CCCCC. The highest BCUT2D eigenvalue weighted by molar-refractivity contribution is 7.45. The van der Waals surface area contributed by atoms with Crippen LogP contribution in [0, 0.1) is 0 Å². The highest BCUT2D eigenvalue weighted by Gasteiger charge is 2.27. The molecular weight excluding hydrogens is 1060 g/mol. The van der Waals surface area contributed by atoms with E-state index >= 15 is 0 Å². The molecule has 0 rings (SSSR count). The highest BCUT2D eigenvalue weighted by Crippen LogP contribution is 2.38. The molecule has 10 heteroatoms. The standard InChI is InChI=1S/C74H135N2O7P/c1-7-10-13-16-19-22-25-28-30-32-34-35-36-37-38-39-40-41-43-44-46-48-51-54-57-60-63-66-73(77)75-71(70-82-84(79,80)81-69-68-76(4,5)6)72(65-62-59-56-53-50-27-24-21-18-15-12-9-3)83-74(78)67-64-61-58-55-52-49-47-45-42-33-31-29-26-23-20-17-14-11-8-2/h19-20,22-23,28-31,34-35,37-38,62,65,71-72H,7-18,21,24-27,32-33,36,39-61,63-64,66-70H2,1-6H3,(H-,75,77,79,80)/b22-19-,23-20-,30-28-,31-29-,35-34-,38-37-,65-62-. The molecule has 0 bridgehead atoms. The number of hydrogen-bond donors (Lipinski definition) is 1. The molecule has 3 unspecified atom stereocenters. The second-order valence-corrected chi connectivity index (χ2v) is 26.4. The summed E-state index contributed by atoms with van der Waals surface area (Å²) >= 11 is 0. The Balaban J connectivity index is 5.06. The van der Waals surface area contributed by atoms with Crippen LogP contribution >= 0.6 is 7.82 Å². The van der Waals surface area contributed by atoms with Gasteiger partial charge in [-0.05, 0) is 109 Å². The van der Waals surface area contributed by atoms with E-state index < -0.39 is 26.6 Å². The van der Waals surface area contributed by atoms with Crippen LogP contribution in [-0.4, -0.2) is 69.4 Å². The van der Waals surface area contributed by atoms with Gasteiger partial charge in [0.2, 0.25) is 5.91 Å². The number of carbonyl (C=O) groups excluding carboxylic acids is 2. The van der Waals surface area contributed by atoms with E-state index in [-0.39, 0.29) is 24.9 Å². The largest absolute Gasteiger partial charge is 0.756 e. The van der Waals surface area contributed by atoms with Gasteiger partial charge in [-0.1, -0.05) is 286 Å². The number of unbranched alkanes of at least 4 members (excludes halogenated alkanes) is 36. The van der Waals surface area contributed by atoms with Crippen LogP contribution in [0.2, 0.25) is 0 Å². The number of esters is 1. The number of nitrogens with one attached hydrogen (secondary N) is 1. The van der Waals surface area contributed by atoms with E-state index in [4.69, 9.17) is 13.8 Å². The number of rotatable bonds is 64. The molecule has 3 atom stereocenters. The Bertz CT molecular complexity index is 1710. The van der Waals surface area contributed by atoms with Crippen molar-refractivity contribution in [2.75, 3.05) is 40.9 Å². The summed E-state index contributed by atoms with van der Waals surface area (Å²) in [7, 11) is 1.18. The van der Waals surface area contributed by atoms with Gasteiger partial charge in [-0.25, -0.2) is 0 Å². The summed E-state index contributed by atoms with van der Waals surface area (Å²) in [5.74, 6) is -0.543. The molecule has 1 amide bonds. The van der Waals surface area contributed by atoms with Crippen LogP contribution in [-0.2, 0) is 27.9 Å². The number of likely N-dealkylation sites (N-methyl/N-ethyl adjacent to an activating group) is 1. The van der Waals surface area contributed by atoms with Gasteiger partial charge in [0.15, 0.2) is 0 Å². The number of quaternary nitrogens is 1. The average Bonchev–Trinajstić information content (AvgIpc) is 3.64. The minimum absolute atomic E-state index is 0.0259. The smallest absolute Gasteiger partial charge is 0.306 e. The average molecular weight is 1200 g/mol. The lowest BCUT2D eigenvalue weighted by Crippen LogP contribution is -2.47. The maximum Gasteiger partial charge on any atom is 0.306 e. The van der Waals surface area contributed by atoms with Gasteiger partial charge in [-0.3, -0.25) is 14.2 Å². The molecule has 0 heterocycles. The second-order valence-electron chi connectivity index (χ2n) is 25.0. The van der Waals surface area contributed by atoms with Gasteiger partial charge in [0.05, 0.1) is 33.8 Å². The third-order valence-electron chi connectivity index (χ3n) is 15.5. The summed E-state index contributed by atoms with van der Waals surface area (Å²) in [6.45, 7) is 6.81. The number of nitrogens with zero attached hydrogens (tertiary/aromatic N) is 1. The Morgan fingerprint density at radius 3 is 1.11 bits per heavy atom. The van der Waals surface area contributed by atoms with Crippen molar-refractivity contribution in [3.05, 3.63) is 85.1 Å². The first-order chi connectivity index (χ1) is 40.9. The van der Waals surface area contributed by atoms with E-state index in [0.29, 0.717) is 17.4 Å². The second kappa shape index (κ2) is 63.2. The van der Waals surface area contributed by atoms with Crippen molar-refractivity contribution in [2.24, 2.45) is 0 Å². The number of allylic oxidation sites excluding steroid dienone is 13. The van der Waals surface area contributed by atoms with Gasteiger partial charge >= 0.3 is 5.97 Å². The Hall–Kier alpha value is -2.81. The first kappa shape index (κ1) is 81.2. The molecule has 0 saturated heterocycles. The van der Waals surface area contributed by atoms with Crippen molar-refractivity contribution in [3.63, 3.8) is 0 Å². The predicted octanol–water partition coefficient (Wildman–Crippen LogP) is 21.9. The van der Waals surface area contributed by atoms with Crippen LogP contribution in [0.4, 0.5) is 0 Å². The number of phosphoric acid groups is 1. The fourth-order valence-electron chi connectivity index (χ4n) is 10.1. The Morgan fingerprint density at radius 2 is 0.726 bits per heavy atom. The molecular formula is C74H135N2O7P. The lowest BCUT2D eigenvalue weighted by molar-refractivity contribution is -0.870. The summed E-state index contributed by atoms with van der Waals surface area (Å²) in [5, 5.41) is 3.04. The summed E-state index contributed by atoms with van der Waals surface area (Å²) in [6.07, 6.45) is 84.1. The highest BCUT2D eigenvalue weighted by atomic mass is 31.2. The lowest BCUT2D eigenvalue weighted by Gasteiger charge is -2.30. The number of ether oxygens (including phenoxy) is 1. The van der Waals surface area contributed by atoms with Crippen molar-refractivity contribution in [2.45, 2.75) is 335 Å². The van der Waals surface area contributed by atoms with Gasteiger partial charge in [-0.2, -0.15) is 0 Å². The molecule has 0 radical (unpaired) electrons. The quantitative estimate of drug-likeness (QED) is 0.0212. The van der Waals surface area contributed by atoms with Crippen molar-refractivity contribution >= 4 is 19.7 Å². The molecule has 0 fully saturated rings. The van der Waals surface area contributed by atoms with Crippen LogP contribution in [0.25, 0.3) is 0 Å². The van der Waals surface area contributed by atoms with Crippen LogP contribution in [0.1, 0.15) is 323 Å². The monoisotopic (exact) mass is 1200 g/mol. The zero-order chi connectivity index (χ0) is 61.4. The molecule has 0 aromatic rings. The van der Waals surface area contributed by atoms with Crippen molar-refractivity contribution < 1.29 is 37.3 Å². The Labute approximate surface area is 520 Å². The van der Waals surface area contributed by atoms with Gasteiger partial charge in [0.1, 0.15) is 19.3 Å². The summed E-state index contributed by atoms with van der Waals surface area (Å²) in [6, 6.07) is -0.896. The fraction of sp³-hybridized carbons (Fsp3) is 0.784. The lowest BCUT2D eigenvalue weighted by atomic mass is 10.0. The zero-order valence-electron chi connectivity index (χ0n) is 55.8. The van der Waals surface area contributed by atoms with Crippen LogP contribution in [0.15, 0.2) is 85.1 Å². The van der Waals surface area contributed by atoms with E-state index in [9.17, 15) is 19.0 Å². The predicted molar refractivity (Wildman–Crippen MR) is 362 cm³/mol. The molecule has 0 saturated carbocycles. The zero-order valence-corrected chi connectivity index (χ0v) is 56.7. The maximum atomic E-state index is 13.6. The van der Waals surface area contributed by atoms with E-state index in [1.807, 2.05) is 33.3 Å². The fourth-order valence-corrected chi connectivity index (χ4v) is 10.8. The molecule has 0 spiro atoms. The molecule has 0 aliphatic rings. The molecule has 84 heavy (non-hydrogen) atoms. The third kappa shape index (κ3) is 63.7. The normalized spacial score (nSPS) is 14.0. The van der Waals surface area contributed by atoms with Gasteiger partial charge in [0, 0.05) is 12.8 Å². The minimum Gasteiger partial charge on any atom is -0.756 e. The number of phosphoric ester groups is 1. The first-order valence-corrected chi connectivity index (χ1v) is 36.9. The Kier molecular flexibility index (Phi) is 61.1. The van der Waals surface area contributed by atoms with E-state index in [2.05, 4.69) is 99.0 Å². The summed E-state index contributed by atoms with van der Waals surface area (Å²) < 4.78 is 30.4. The molecule has 9 nitrogen and oxygen atoms in total. The topological polar surface area (TPSA) is 114 Å². The van der Waals surface area contributed by atoms with Crippen molar-refractivity contribution in [3.8, 4) is 0 Å². The first-order valence-electron chi connectivity index (χ1n) is 35.4. The summed E-state index contributed by atoms with van der Waals surface area (Å²) in [4.78, 5) is 40.2. The molecule has 0 aliphatic carbocycles. The molecule has 1 N–H and O–H groups in total. The van der Waals surface area contributed by atoms with Gasteiger partial charge < -0.3 is 28.5 Å². The number of hydrogen-bond acceptors (Lipinski definition) is 7. The van der Waals surface area contributed by atoms with Crippen molar-refractivity contribution in [1.82, 2.24) is 5.32 Å². The molecule has 0 aromatic carbocycles. The van der Waals surface area contributed by atoms with Gasteiger partial charge in [-0.15, -0.1) is 0 Å². The Morgan fingerprint density at radius 1 is 0.417 bits per heavy atom. The molecule has 0 aliphatic heterocycles. The maximum absolute atomic E-state index is 13.6. The van der Waals surface area contributed by atoms with Crippen LogP contribution < -0.4 is 10.2 Å².